The predicted octanol–water partition coefficient (Wildman–Crippen LogP) is 4.07. The lowest BCUT2D eigenvalue weighted by atomic mass is 10.1. The third-order valence-corrected chi connectivity index (χ3v) is 3.76. The maximum atomic E-state index is 12.1. The first-order chi connectivity index (χ1) is 10.5. The summed E-state index contributed by atoms with van der Waals surface area (Å²) in [5, 5.41) is 9.23. The molecule has 0 heterocycles. The second kappa shape index (κ2) is 7.13. The molecule has 0 radical (unpaired) electrons. The lowest BCUT2D eigenvalue weighted by Gasteiger charge is -2.09. The average molecular weight is 363 g/mol. The van der Waals surface area contributed by atoms with E-state index in [1.165, 1.54) is 18.2 Å². The molecule has 0 amide bonds. The molecule has 22 heavy (non-hydrogen) atoms. The first-order valence-corrected chi connectivity index (χ1v) is 7.27. The number of ether oxygens (including phenoxy) is 2. The molecule has 5 heteroatoms. The molecular weight excluding hydrogens is 348 g/mol. The second-order valence-corrected chi connectivity index (χ2v) is 5.33. The van der Waals surface area contributed by atoms with Gasteiger partial charge in [0.1, 0.15) is 5.75 Å². The predicted molar refractivity (Wildman–Crippen MR) is 88.7 cm³/mol. The number of carbonyl (C=O) groups is 1. The first-order valence-electron chi connectivity index (χ1n) is 6.48. The normalized spacial score (nSPS) is 10.7. The van der Waals surface area contributed by atoms with Gasteiger partial charge in [0.15, 0.2) is 17.3 Å². The van der Waals surface area contributed by atoms with Crippen LogP contribution in [0.5, 0.6) is 17.2 Å². The van der Waals surface area contributed by atoms with Gasteiger partial charge in [-0.1, -0.05) is 15.9 Å². The molecule has 114 valence electrons. The molecule has 0 aliphatic carbocycles. The zero-order valence-electron chi connectivity index (χ0n) is 12.2. The van der Waals surface area contributed by atoms with Crippen molar-refractivity contribution in [3.05, 3.63) is 58.1 Å². The van der Waals surface area contributed by atoms with Gasteiger partial charge in [0.2, 0.25) is 0 Å². The second-order valence-electron chi connectivity index (χ2n) is 4.47. The number of halogens is 1. The Bertz CT molecular complexity index is 705. The van der Waals surface area contributed by atoms with Crippen LogP contribution in [0.2, 0.25) is 0 Å². The van der Waals surface area contributed by atoms with E-state index in [-0.39, 0.29) is 11.5 Å². The summed E-state index contributed by atoms with van der Waals surface area (Å²) in [4.78, 5) is 12.1. The molecule has 0 spiro atoms. The number of hydrogen-bond acceptors (Lipinski definition) is 4. The fourth-order valence-electron chi connectivity index (χ4n) is 1.89. The number of benzene rings is 2. The van der Waals surface area contributed by atoms with Crippen molar-refractivity contribution in [3.8, 4) is 17.2 Å². The molecule has 0 aliphatic rings. The number of ketones is 1. The number of phenols is 1. The summed E-state index contributed by atoms with van der Waals surface area (Å²) in [6.07, 6.45) is 3.17. The van der Waals surface area contributed by atoms with E-state index >= 15 is 0 Å². The highest BCUT2D eigenvalue weighted by molar-refractivity contribution is 9.10. The van der Waals surface area contributed by atoms with Crippen LogP contribution in [0, 0.1) is 0 Å². The van der Waals surface area contributed by atoms with E-state index in [4.69, 9.17) is 9.47 Å². The molecule has 1 N–H and O–H groups in total. The zero-order valence-corrected chi connectivity index (χ0v) is 13.8. The maximum absolute atomic E-state index is 12.1. The van der Waals surface area contributed by atoms with Crippen LogP contribution in [0.3, 0.4) is 0 Å². The molecule has 2 aromatic carbocycles. The summed E-state index contributed by atoms with van der Waals surface area (Å²) in [5.74, 6) is 1.17. The lowest BCUT2D eigenvalue weighted by molar-refractivity contribution is 0.104. The topological polar surface area (TPSA) is 55.8 Å². The molecule has 0 aromatic heterocycles. The van der Waals surface area contributed by atoms with Gasteiger partial charge in [0.05, 0.1) is 14.2 Å². The number of hydrogen-bond donors (Lipinski definition) is 1. The van der Waals surface area contributed by atoms with E-state index in [1.807, 2.05) is 0 Å². The summed E-state index contributed by atoms with van der Waals surface area (Å²) in [6, 6.07) is 9.67. The van der Waals surface area contributed by atoms with E-state index in [2.05, 4.69) is 15.9 Å². The van der Waals surface area contributed by atoms with Gasteiger partial charge in [0.25, 0.3) is 0 Å². The van der Waals surface area contributed by atoms with Gasteiger partial charge in [-0.05, 0) is 54.1 Å². The van der Waals surface area contributed by atoms with Crippen LogP contribution in [-0.2, 0) is 0 Å². The minimum Gasteiger partial charge on any atom is -0.508 e. The highest BCUT2D eigenvalue weighted by Gasteiger charge is 2.08. The molecule has 4 nitrogen and oxygen atoms in total. The van der Waals surface area contributed by atoms with Crippen molar-refractivity contribution in [1.29, 1.82) is 0 Å². The Morgan fingerprint density at radius 1 is 1.09 bits per heavy atom. The zero-order chi connectivity index (χ0) is 16.1. The smallest absolute Gasteiger partial charge is 0.185 e. The van der Waals surface area contributed by atoms with Crippen molar-refractivity contribution >= 4 is 27.8 Å². The number of methoxy groups -OCH3 is 2. The van der Waals surface area contributed by atoms with Gasteiger partial charge in [0, 0.05) is 10.0 Å². The Balaban J connectivity index is 2.26. The van der Waals surface area contributed by atoms with Crippen LogP contribution in [0.1, 0.15) is 15.9 Å². The van der Waals surface area contributed by atoms with Crippen LogP contribution >= 0.6 is 15.9 Å². The van der Waals surface area contributed by atoms with Gasteiger partial charge in [-0.25, -0.2) is 0 Å². The van der Waals surface area contributed by atoms with E-state index in [0.717, 1.165) is 10.0 Å². The van der Waals surface area contributed by atoms with E-state index < -0.39 is 0 Å². The minimum atomic E-state index is -0.151. The quantitative estimate of drug-likeness (QED) is 0.643. The van der Waals surface area contributed by atoms with E-state index in [9.17, 15) is 9.90 Å². The average Bonchev–Trinajstić information content (AvgIpc) is 2.53. The molecule has 0 fully saturated rings. The minimum absolute atomic E-state index is 0.128. The van der Waals surface area contributed by atoms with E-state index in [0.29, 0.717) is 17.1 Å². The number of rotatable bonds is 5. The van der Waals surface area contributed by atoms with Crippen molar-refractivity contribution in [2.24, 2.45) is 0 Å². The summed E-state index contributed by atoms with van der Waals surface area (Å²) in [5.41, 5.74) is 1.30. The largest absolute Gasteiger partial charge is 0.508 e. The number of aromatic hydroxyl groups is 1. The van der Waals surface area contributed by atoms with Crippen LogP contribution in [0.4, 0.5) is 0 Å². The van der Waals surface area contributed by atoms with Gasteiger partial charge in [-0.2, -0.15) is 0 Å². The monoisotopic (exact) mass is 362 g/mol. The van der Waals surface area contributed by atoms with Crippen molar-refractivity contribution in [1.82, 2.24) is 0 Å². The molecule has 0 unspecified atom stereocenters. The van der Waals surface area contributed by atoms with Crippen LogP contribution in [0.15, 0.2) is 46.9 Å². The van der Waals surface area contributed by atoms with Gasteiger partial charge in [-0.15, -0.1) is 0 Å². The molecule has 0 saturated heterocycles. The van der Waals surface area contributed by atoms with Crippen molar-refractivity contribution in [2.45, 2.75) is 0 Å². The van der Waals surface area contributed by atoms with Gasteiger partial charge >= 0.3 is 0 Å². The van der Waals surface area contributed by atoms with Gasteiger partial charge in [-0.3, -0.25) is 4.79 Å². The van der Waals surface area contributed by atoms with Crippen molar-refractivity contribution < 1.29 is 19.4 Å². The first kappa shape index (κ1) is 16.1. The summed E-state index contributed by atoms with van der Waals surface area (Å²) < 4.78 is 11.2. The molecule has 2 aromatic rings. The summed E-state index contributed by atoms with van der Waals surface area (Å²) in [7, 11) is 3.12. The third kappa shape index (κ3) is 3.68. The fraction of sp³-hybridized carbons (Fsp3) is 0.118. The SMILES string of the molecule is COc1cc(Br)c(C=CC(=O)c2ccc(O)cc2)cc1OC. The lowest BCUT2D eigenvalue weighted by Crippen LogP contribution is -1.94. The van der Waals surface area contributed by atoms with Crippen LogP contribution in [0.25, 0.3) is 6.08 Å². The summed E-state index contributed by atoms with van der Waals surface area (Å²) in [6.45, 7) is 0. The molecule has 2 rings (SSSR count). The molecular formula is C17H15BrO4. The molecule has 0 bridgehead atoms. The van der Waals surface area contributed by atoms with Crippen LogP contribution in [-0.4, -0.2) is 25.1 Å². The summed E-state index contributed by atoms with van der Waals surface area (Å²) >= 11 is 3.44. The molecule has 0 atom stereocenters. The molecule has 0 saturated carbocycles. The Kier molecular flexibility index (Phi) is 5.22. The number of allylic oxidation sites excluding steroid dienone is 1. The number of phenolic OH excluding ortho intramolecular Hbond substituents is 1. The van der Waals surface area contributed by atoms with Crippen molar-refractivity contribution in [2.75, 3.05) is 14.2 Å². The van der Waals surface area contributed by atoms with E-state index in [1.54, 1.807) is 44.6 Å². The third-order valence-electron chi connectivity index (χ3n) is 3.07. The standard InChI is InChI=1S/C17H15BrO4/c1-21-16-9-12(14(18)10-17(16)22-2)5-8-15(20)11-3-6-13(19)7-4-11/h3-10,19H,1-2H3. The van der Waals surface area contributed by atoms with Crippen LogP contribution < -0.4 is 9.47 Å². The Morgan fingerprint density at radius 3 is 2.27 bits per heavy atom. The highest BCUT2D eigenvalue weighted by atomic mass is 79.9. The Morgan fingerprint density at radius 2 is 1.68 bits per heavy atom. The maximum Gasteiger partial charge on any atom is 0.185 e. The van der Waals surface area contributed by atoms with Gasteiger partial charge < -0.3 is 14.6 Å². The fourth-order valence-corrected chi connectivity index (χ4v) is 2.34. The molecule has 0 aliphatic heterocycles. The van der Waals surface area contributed by atoms with Crippen molar-refractivity contribution in [3.63, 3.8) is 0 Å². The Labute approximate surface area is 137 Å². The highest BCUT2D eigenvalue weighted by Crippen LogP contribution is 2.33. The number of carbonyl (C=O) groups excluding carboxylic acids is 1. The Hall–Kier alpha value is -2.27.